The highest BCUT2D eigenvalue weighted by Gasteiger charge is 2.30. The minimum Gasteiger partial charge on any atom is -0.383 e. The maximum Gasteiger partial charge on any atom is 0.240 e. The number of nitrogens with one attached hydrogen (secondary N) is 1. The molecule has 2 heterocycles. The van der Waals surface area contributed by atoms with Gasteiger partial charge >= 0.3 is 0 Å². The zero-order valence-electron chi connectivity index (χ0n) is 11.4. The van der Waals surface area contributed by atoms with E-state index in [1.807, 2.05) is 23.5 Å². The Kier molecular flexibility index (Phi) is 6.49. The number of hydrogen-bond donors (Lipinski definition) is 1. The number of nitrogens with zero attached hydrogens (tertiary/aromatic N) is 2. The molecule has 7 heteroatoms. The van der Waals surface area contributed by atoms with Gasteiger partial charge in [0.25, 0.3) is 0 Å². The second-order valence-corrected chi connectivity index (χ2v) is 6.92. The monoisotopic (exact) mass is 303 g/mol. The molecule has 1 aliphatic heterocycles. The fourth-order valence-electron chi connectivity index (χ4n) is 1.97. The lowest BCUT2D eigenvalue weighted by Crippen LogP contribution is -2.20. The molecule has 5 nitrogen and oxygen atoms in total. The van der Waals surface area contributed by atoms with Crippen molar-refractivity contribution in [2.45, 2.75) is 30.4 Å². The van der Waals surface area contributed by atoms with Gasteiger partial charge in [-0.25, -0.2) is 0 Å². The van der Waals surface area contributed by atoms with E-state index in [2.05, 4.69) is 22.4 Å². The summed E-state index contributed by atoms with van der Waals surface area (Å²) < 4.78 is 10.3. The van der Waals surface area contributed by atoms with Crippen LogP contribution in [0.1, 0.15) is 30.3 Å². The Hall–Kier alpha value is -0.240. The van der Waals surface area contributed by atoms with Crippen molar-refractivity contribution in [3.05, 3.63) is 11.7 Å². The Balaban J connectivity index is 1.88. The number of hydrogen-bond acceptors (Lipinski definition) is 7. The maximum atomic E-state index is 5.30. The van der Waals surface area contributed by atoms with Crippen molar-refractivity contribution in [3.63, 3.8) is 0 Å². The second kappa shape index (κ2) is 8.14. The highest BCUT2D eigenvalue weighted by molar-refractivity contribution is 8.06. The molecule has 1 aliphatic rings. The van der Waals surface area contributed by atoms with Crippen LogP contribution in [0.2, 0.25) is 0 Å². The van der Waals surface area contributed by atoms with Gasteiger partial charge in [0.2, 0.25) is 5.89 Å². The van der Waals surface area contributed by atoms with E-state index >= 15 is 0 Å². The molecule has 2 atom stereocenters. The van der Waals surface area contributed by atoms with Crippen molar-refractivity contribution >= 4 is 23.5 Å². The van der Waals surface area contributed by atoms with Gasteiger partial charge < -0.3 is 14.6 Å². The van der Waals surface area contributed by atoms with E-state index in [1.54, 1.807) is 7.11 Å². The van der Waals surface area contributed by atoms with Gasteiger partial charge in [-0.05, 0) is 6.42 Å². The van der Waals surface area contributed by atoms with Gasteiger partial charge in [0.1, 0.15) is 0 Å². The van der Waals surface area contributed by atoms with Crippen LogP contribution in [0, 0.1) is 0 Å². The molecular weight excluding hydrogens is 282 g/mol. The lowest BCUT2D eigenvalue weighted by Gasteiger charge is -2.27. The van der Waals surface area contributed by atoms with Gasteiger partial charge in [0.15, 0.2) is 5.82 Å². The van der Waals surface area contributed by atoms with E-state index in [1.165, 1.54) is 11.5 Å². The van der Waals surface area contributed by atoms with Crippen molar-refractivity contribution in [3.8, 4) is 0 Å². The molecule has 1 N–H and O–H groups in total. The van der Waals surface area contributed by atoms with E-state index in [0.29, 0.717) is 29.5 Å². The Morgan fingerprint density at radius 3 is 3.05 bits per heavy atom. The van der Waals surface area contributed by atoms with Crippen molar-refractivity contribution in [1.82, 2.24) is 15.5 Å². The Morgan fingerprint density at radius 2 is 2.26 bits per heavy atom. The van der Waals surface area contributed by atoms with Crippen molar-refractivity contribution in [1.29, 1.82) is 0 Å². The van der Waals surface area contributed by atoms with Crippen LogP contribution in [-0.4, -0.2) is 47.2 Å². The van der Waals surface area contributed by atoms with Crippen LogP contribution >= 0.6 is 23.5 Å². The van der Waals surface area contributed by atoms with Crippen LogP contribution in [0.5, 0.6) is 0 Å². The van der Waals surface area contributed by atoms with E-state index in [0.717, 1.165) is 18.8 Å². The molecular formula is C12H21N3O2S2. The fourth-order valence-corrected chi connectivity index (χ4v) is 4.95. The van der Waals surface area contributed by atoms with Gasteiger partial charge in [-0.3, -0.25) is 0 Å². The summed E-state index contributed by atoms with van der Waals surface area (Å²) in [6.45, 7) is 4.31. The first kappa shape index (κ1) is 15.2. The molecule has 0 radical (unpaired) electrons. The number of ether oxygens (including phenoxy) is 1. The number of aromatic nitrogens is 2. The van der Waals surface area contributed by atoms with Crippen LogP contribution in [-0.2, 0) is 11.3 Å². The smallest absolute Gasteiger partial charge is 0.240 e. The molecule has 108 valence electrons. The Morgan fingerprint density at radius 1 is 1.42 bits per heavy atom. The first-order valence-electron chi connectivity index (χ1n) is 6.60. The lowest BCUT2D eigenvalue weighted by molar-refractivity contribution is 0.197. The number of methoxy groups -OCH3 is 1. The van der Waals surface area contributed by atoms with Gasteiger partial charge in [-0.2, -0.15) is 16.7 Å². The summed E-state index contributed by atoms with van der Waals surface area (Å²) in [6.07, 6.45) is 1.15. The predicted molar refractivity (Wildman–Crippen MR) is 79.6 cm³/mol. The van der Waals surface area contributed by atoms with Crippen LogP contribution in [0.15, 0.2) is 4.52 Å². The average Bonchev–Trinajstić information content (AvgIpc) is 2.92. The number of rotatable bonds is 7. The molecule has 0 aliphatic carbocycles. The molecule has 0 bridgehead atoms. The summed E-state index contributed by atoms with van der Waals surface area (Å²) in [5.41, 5.74) is 0. The van der Waals surface area contributed by atoms with Crippen LogP contribution < -0.4 is 5.32 Å². The van der Waals surface area contributed by atoms with Crippen LogP contribution in [0.4, 0.5) is 0 Å². The van der Waals surface area contributed by atoms with Crippen molar-refractivity contribution in [2.75, 3.05) is 31.8 Å². The standard InChI is InChI=1S/C12H21N3O2S2/c1-3-9-11(19-7-6-18-9)12-14-10(17-15-12)8-13-4-5-16-2/h9,11,13H,3-8H2,1-2H3. The predicted octanol–water partition coefficient (Wildman–Crippen LogP) is 2.11. The Labute approximate surface area is 122 Å². The highest BCUT2D eigenvalue weighted by atomic mass is 32.2. The van der Waals surface area contributed by atoms with E-state index in [4.69, 9.17) is 9.26 Å². The molecule has 1 saturated heterocycles. The minimum absolute atomic E-state index is 0.375. The molecule has 0 spiro atoms. The molecule has 1 aromatic rings. The molecule has 0 aromatic carbocycles. The van der Waals surface area contributed by atoms with Crippen LogP contribution in [0.25, 0.3) is 0 Å². The summed E-state index contributed by atoms with van der Waals surface area (Å²) in [7, 11) is 1.69. The molecule has 2 unspecified atom stereocenters. The first-order chi connectivity index (χ1) is 9.35. The first-order valence-corrected chi connectivity index (χ1v) is 8.70. The van der Waals surface area contributed by atoms with E-state index < -0.39 is 0 Å². The number of thioether (sulfide) groups is 2. The largest absolute Gasteiger partial charge is 0.383 e. The summed E-state index contributed by atoms with van der Waals surface area (Å²) in [6, 6.07) is 0. The summed E-state index contributed by atoms with van der Waals surface area (Å²) in [5.74, 6) is 3.91. The van der Waals surface area contributed by atoms with E-state index in [9.17, 15) is 0 Å². The van der Waals surface area contributed by atoms with E-state index in [-0.39, 0.29) is 0 Å². The summed E-state index contributed by atoms with van der Waals surface area (Å²) >= 11 is 3.97. The summed E-state index contributed by atoms with van der Waals surface area (Å²) in [4.78, 5) is 4.51. The molecule has 0 saturated carbocycles. The van der Waals surface area contributed by atoms with Gasteiger partial charge in [-0.1, -0.05) is 12.1 Å². The average molecular weight is 303 g/mol. The minimum atomic E-state index is 0.375. The normalized spacial score (nSPS) is 23.7. The summed E-state index contributed by atoms with van der Waals surface area (Å²) in [5, 5.41) is 8.33. The molecule has 1 aromatic heterocycles. The molecule has 19 heavy (non-hydrogen) atoms. The molecule has 0 amide bonds. The van der Waals surface area contributed by atoms with Gasteiger partial charge in [0, 0.05) is 30.4 Å². The van der Waals surface area contributed by atoms with Crippen molar-refractivity contribution in [2.24, 2.45) is 0 Å². The van der Waals surface area contributed by atoms with Crippen molar-refractivity contribution < 1.29 is 9.26 Å². The third-order valence-corrected chi connectivity index (χ3v) is 6.19. The zero-order chi connectivity index (χ0) is 13.5. The molecule has 2 rings (SSSR count). The Bertz CT molecular complexity index is 376. The highest BCUT2D eigenvalue weighted by Crippen LogP contribution is 2.42. The quantitative estimate of drug-likeness (QED) is 0.774. The van der Waals surface area contributed by atoms with Crippen LogP contribution in [0.3, 0.4) is 0 Å². The molecule has 1 fully saturated rings. The second-order valence-electron chi connectivity index (χ2n) is 4.32. The SMILES string of the molecule is CCC1SCCSC1c1noc(CNCCOC)n1. The third-order valence-electron chi connectivity index (χ3n) is 2.95. The third kappa shape index (κ3) is 4.37. The fraction of sp³-hybridized carbons (Fsp3) is 0.833. The zero-order valence-corrected chi connectivity index (χ0v) is 13.1. The topological polar surface area (TPSA) is 60.2 Å². The van der Waals surface area contributed by atoms with Gasteiger partial charge in [0.05, 0.1) is 18.4 Å². The lowest BCUT2D eigenvalue weighted by atomic mass is 10.2. The van der Waals surface area contributed by atoms with Gasteiger partial charge in [-0.15, -0.1) is 11.8 Å². The maximum absolute atomic E-state index is 5.30.